The monoisotopic (exact) mass is 392 g/mol. The third kappa shape index (κ3) is 3.45. The minimum atomic E-state index is 0.0246. The highest BCUT2D eigenvalue weighted by Crippen LogP contribution is 2.30. The van der Waals surface area contributed by atoms with E-state index >= 15 is 0 Å². The van der Waals surface area contributed by atoms with Crippen LogP contribution in [0.3, 0.4) is 0 Å². The van der Waals surface area contributed by atoms with E-state index in [1.807, 2.05) is 21.7 Å². The van der Waals surface area contributed by atoms with Crippen LogP contribution in [0.2, 0.25) is 0 Å². The Hall–Kier alpha value is -2.63. The smallest absolute Gasteiger partial charge is 0.274 e. The number of amides is 2. The Bertz CT molecular complexity index is 952. The second-order valence-electron chi connectivity index (χ2n) is 8.68. The van der Waals surface area contributed by atoms with Crippen molar-refractivity contribution >= 4 is 11.8 Å². The quantitative estimate of drug-likeness (QED) is 0.870. The summed E-state index contributed by atoms with van der Waals surface area (Å²) in [6, 6.07) is 8.59. The van der Waals surface area contributed by atoms with Crippen LogP contribution >= 0.6 is 0 Å². The molecule has 2 fully saturated rings. The van der Waals surface area contributed by atoms with Crippen LogP contribution in [0.4, 0.5) is 0 Å². The number of benzene rings is 1. The van der Waals surface area contributed by atoms with Gasteiger partial charge in [-0.2, -0.15) is 5.10 Å². The van der Waals surface area contributed by atoms with E-state index in [4.69, 9.17) is 5.10 Å². The number of aromatic nitrogens is 2. The first-order valence-corrected chi connectivity index (χ1v) is 10.9. The lowest BCUT2D eigenvalue weighted by molar-refractivity contribution is -0.126. The number of para-hydroxylation sites is 1. The van der Waals surface area contributed by atoms with Crippen molar-refractivity contribution in [2.75, 3.05) is 13.1 Å². The van der Waals surface area contributed by atoms with Crippen molar-refractivity contribution in [1.82, 2.24) is 20.0 Å². The Morgan fingerprint density at radius 3 is 2.55 bits per heavy atom. The lowest BCUT2D eigenvalue weighted by Gasteiger charge is -2.31. The minimum Gasteiger partial charge on any atom is -0.353 e. The molecule has 2 amide bonds. The Labute approximate surface area is 171 Å². The largest absolute Gasteiger partial charge is 0.353 e. The van der Waals surface area contributed by atoms with E-state index in [9.17, 15) is 9.59 Å². The summed E-state index contributed by atoms with van der Waals surface area (Å²) in [4.78, 5) is 27.5. The number of fused-ring (bicyclic) bond motifs is 1. The molecule has 2 aliphatic carbocycles. The molecule has 152 valence electrons. The molecule has 2 aromatic rings. The fourth-order valence-corrected chi connectivity index (χ4v) is 4.65. The van der Waals surface area contributed by atoms with Crippen LogP contribution in [0.1, 0.15) is 59.4 Å². The normalized spacial score (nSPS) is 19.3. The lowest BCUT2D eigenvalue weighted by Crippen LogP contribution is -2.43. The summed E-state index contributed by atoms with van der Waals surface area (Å²) in [5.41, 5.74) is 5.13. The number of nitrogens with one attached hydrogen (secondary N) is 1. The molecule has 1 aromatic carbocycles. The molecule has 6 nitrogen and oxygen atoms in total. The van der Waals surface area contributed by atoms with Crippen LogP contribution in [0.15, 0.2) is 24.3 Å². The molecule has 5 rings (SSSR count). The van der Waals surface area contributed by atoms with E-state index in [0.29, 0.717) is 24.8 Å². The van der Waals surface area contributed by atoms with Crippen molar-refractivity contribution in [3.05, 3.63) is 46.8 Å². The van der Waals surface area contributed by atoms with E-state index in [0.717, 1.165) is 61.8 Å². The summed E-state index contributed by atoms with van der Waals surface area (Å²) in [7, 11) is 0. The zero-order valence-electron chi connectivity index (χ0n) is 17.0. The predicted octanol–water partition coefficient (Wildman–Crippen LogP) is 2.80. The molecular formula is C23H28N4O2. The van der Waals surface area contributed by atoms with Gasteiger partial charge in [0.1, 0.15) is 0 Å². The summed E-state index contributed by atoms with van der Waals surface area (Å²) in [5, 5.41) is 7.89. The molecule has 1 aliphatic heterocycles. The maximum absolute atomic E-state index is 13.3. The van der Waals surface area contributed by atoms with Gasteiger partial charge in [0, 0.05) is 36.3 Å². The maximum Gasteiger partial charge on any atom is 0.274 e. The van der Waals surface area contributed by atoms with Crippen LogP contribution in [0.25, 0.3) is 5.69 Å². The van der Waals surface area contributed by atoms with Gasteiger partial charge in [-0.3, -0.25) is 9.59 Å². The summed E-state index contributed by atoms with van der Waals surface area (Å²) >= 11 is 0. The molecule has 3 aliphatic rings. The van der Waals surface area contributed by atoms with E-state index in [-0.39, 0.29) is 17.7 Å². The third-order valence-electron chi connectivity index (χ3n) is 6.55. The van der Waals surface area contributed by atoms with Gasteiger partial charge in [-0.1, -0.05) is 18.2 Å². The summed E-state index contributed by atoms with van der Waals surface area (Å²) in [6.07, 6.45) is 6.66. The molecule has 6 heteroatoms. The number of nitrogens with zero attached hydrogens (tertiary/aromatic N) is 3. The standard InChI is InChI=1S/C23H28N4O2/c1-15-5-2-3-7-19(15)27-20-8-4-6-18(20)21(25-27)23(29)26-13-11-16(12-14-26)22(28)24-17-9-10-17/h2-3,5,7,16-17H,4,6,8-14H2,1H3,(H,24,28). The summed E-state index contributed by atoms with van der Waals surface area (Å²) in [5.74, 6) is 0.232. The van der Waals surface area contributed by atoms with Gasteiger partial charge >= 0.3 is 0 Å². The van der Waals surface area contributed by atoms with Crippen LogP contribution in [0, 0.1) is 12.8 Å². The zero-order valence-corrected chi connectivity index (χ0v) is 17.0. The Morgan fingerprint density at radius 1 is 1.07 bits per heavy atom. The zero-order chi connectivity index (χ0) is 20.0. The number of carbonyl (C=O) groups excluding carboxylic acids is 2. The maximum atomic E-state index is 13.3. The average Bonchev–Trinajstić information content (AvgIpc) is 3.29. The highest BCUT2D eigenvalue weighted by Gasteiger charge is 2.34. The van der Waals surface area contributed by atoms with Gasteiger partial charge in [-0.25, -0.2) is 4.68 Å². The number of aryl methyl sites for hydroxylation is 1. The van der Waals surface area contributed by atoms with Gasteiger partial charge in [-0.15, -0.1) is 0 Å². The van der Waals surface area contributed by atoms with Gasteiger partial charge in [0.15, 0.2) is 5.69 Å². The van der Waals surface area contributed by atoms with Gasteiger partial charge in [0.25, 0.3) is 5.91 Å². The molecule has 0 bridgehead atoms. The molecule has 1 N–H and O–H groups in total. The van der Waals surface area contributed by atoms with Gasteiger partial charge in [-0.05, 0) is 63.5 Å². The number of likely N-dealkylation sites (tertiary alicyclic amines) is 1. The lowest BCUT2D eigenvalue weighted by atomic mass is 9.95. The molecule has 0 unspecified atom stereocenters. The van der Waals surface area contributed by atoms with E-state index in [1.165, 1.54) is 5.69 Å². The number of hydrogen-bond donors (Lipinski definition) is 1. The Kier molecular flexibility index (Phi) is 4.64. The minimum absolute atomic E-state index is 0.0246. The van der Waals surface area contributed by atoms with E-state index in [1.54, 1.807) is 0 Å². The molecule has 1 saturated carbocycles. The van der Waals surface area contributed by atoms with Crippen molar-refractivity contribution in [2.45, 2.75) is 57.9 Å². The predicted molar refractivity (Wildman–Crippen MR) is 110 cm³/mol. The SMILES string of the molecule is Cc1ccccc1-n1nc(C(=O)N2CCC(C(=O)NC3CC3)CC2)c2c1CCC2. The number of piperidine rings is 1. The van der Waals surface area contributed by atoms with Crippen molar-refractivity contribution in [2.24, 2.45) is 5.92 Å². The molecule has 0 radical (unpaired) electrons. The van der Waals surface area contributed by atoms with Gasteiger partial charge in [0.2, 0.25) is 5.91 Å². The van der Waals surface area contributed by atoms with Crippen LogP contribution in [0.5, 0.6) is 0 Å². The molecule has 1 saturated heterocycles. The second-order valence-corrected chi connectivity index (χ2v) is 8.68. The molecule has 0 spiro atoms. The van der Waals surface area contributed by atoms with E-state index in [2.05, 4.69) is 24.4 Å². The van der Waals surface area contributed by atoms with Crippen molar-refractivity contribution < 1.29 is 9.59 Å². The van der Waals surface area contributed by atoms with Crippen molar-refractivity contribution in [1.29, 1.82) is 0 Å². The highest BCUT2D eigenvalue weighted by molar-refractivity contribution is 5.94. The summed E-state index contributed by atoms with van der Waals surface area (Å²) < 4.78 is 1.99. The molecule has 29 heavy (non-hydrogen) atoms. The second kappa shape index (κ2) is 7.32. The van der Waals surface area contributed by atoms with Crippen LogP contribution in [-0.2, 0) is 17.6 Å². The third-order valence-corrected chi connectivity index (χ3v) is 6.55. The first-order valence-electron chi connectivity index (χ1n) is 10.9. The molecule has 2 heterocycles. The van der Waals surface area contributed by atoms with Crippen LogP contribution in [-0.4, -0.2) is 45.6 Å². The highest BCUT2D eigenvalue weighted by atomic mass is 16.2. The van der Waals surface area contributed by atoms with E-state index < -0.39 is 0 Å². The first-order chi connectivity index (χ1) is 14.1. The summed E-state index contributed by atoms with van der Waals surface area (Å²) in [6.45, 7) is 3.35. The van der Waals surface area contributed by atoms with Crippen molar-refractivity contribution in [3.8, 4) is 5.69 Å². The average molecular weight is 393 g/mol. The number of carbonyl (C=O) groups is 2. The Balaban J connectivity index is 1.34. The number of hydrogen-bond acceptors (Lipinski definition) is 3. The first kappa shape index (κ1) is 18.4. The number of rotatable bonds is 4. The molecule has 1 aromatic heterocycles. The Morgan fingerprint density at radius 2 is 1.83 bits per heavy atom. The molecule has 0 atom stereocenters. The van der Waals surface area contributed by atoms with Crippen molar-refractivity contribution in [3.63, 3.8) is 0 Å². The van der Waals surface area contributed by atoms with Crippen LogP contribution < -0.4 is 5.32 Å². The van der Waals surface area contributed by atoms with Gasteiger partial charge in [0.05, 0.1) is 5.69 Å². The van der Waals surface area contributed by atoms with Gasteiger partial charge < -0.3 is 10.2 Å². The fourth-order valence-electron chi connectivity index (χ4n) is 4.65. The fraction of sp³-hybridized carbons (Fsp3) is 0.522. The molecular weight excluding hydrogens is 364 g/mol. The topological polar surface area (TPSA) is 67.2 Å².